The minimum absolute atomic E-state index is 0.295. The SMILES string of the molecule is CC(CN)c1cnc2c(Cl)cccn12. The average Bonchev–Trinajstić information content (AvgIpc) is 2.62. The van der Waals surface area contributed by atoms with Crippen LogP contribution in [0.2, 0.25) is 5.02 Å². The van der Waals surface area contributed by atoms with Gasteiger partial charge in [0, 0.05) is 30.6 Å². The normalized spacial score (nSPS) is 13.4. The molecule has 0 amide bonds. The fraction of sp³-hybridized carbons (Fsp3) is 0.300. The molecule has 1 atom stereocenters. The molecule has 0 saturated heterocycles. The number of halogens is 1. The number of nitrogens with two attached hydrogens (primary N) is 1. The molecule has 3 nitrogen and oxygen atoms in total. The average molecular weight is 210 g/mol. The van der Waals surface area contributed by atoms with E-state index in [1.54, 1.807) is 0 Å². The quantitative estimate of drug-likeness (QED) is 0.823. The number of nitrogens with zero attached hydrogens (tertiary/aromatic N) is 2. The standard InChI is InChI=1S/C10H12ClN3/c1-7(5-12)9-6-13-10-8(11)3-2-4-14(9)10/h2-4,6-7H,5,12H2,1H3. The summed E-state index contributed by atoms with van der Waals surface area (Å²) in [5.41, 5.74) is 7.52. The number of aromatic nitrogens is 2. The fourth-order valence-electron chi connectivity index (χ4n) is 1.48. The highest BCUT2D eigenvalue weighted by atomic mass is 35.5. The van der Waals surface area contributed by atoms with Crippen molar-refractivity contribution in [1.82, 2.24) is 9.38 Å². The molecule has 14 heavy (non-hydrogen) atoms. The summed E-state index contributed by atoms with van der Waals surface area (Å²) in [4.78, 5) is 4.26. The molecule has 0 saturated carbocycles. The Kier molecular flexibility index (Phi) is 2.44. The summed E-state index contributed by atoms with van der Waals surface area (Å²) in [7, 11) is 0. The maximum Gasteiger partial charge on any atom is 0.155 e. The molecule has 0 aliphatic heterocycles. The van der Waals surface area contributed by atoms with Gasteiger partial charge in [-0.3, -0.25) is 0 Å². The van der Waals surface area contributed by atoms with Crippen LogP contribution in [0.25, 0.3) is 5.65 Å². The molecule has 2 rings (SSSR count). The second kappa shape index (κ2) is 3.59. The fourth-order valence-corrected chi connectivity index (χ4v) is 1.69. The van der Waals surface area contributed by atoms with Crippen molar-refractivity contribution in [2.75, 3.05) is 6.54 Å². The van der Waals surface area contributed by atoms with Crippen molar-refractivity contribution >= 4 is 17.2 Å². The molecule has 2 N–H and O–H groups in total. The van der Waals surface area contributed by atoms with E-state index in [2.05, 4.69) is 11.9 Å². The van der Waals surface area contributed by atoms with Gasteiger partial charge in [-0.15, -0.1) is 0 Å². The van der Waals surface area contributed by atoms with E-state index in [4.69, 9.17) is 17.3 Å². The Morgan fingerprint density at radius 1 is 1.64 bits per heavy atom. The van der Waals surface area contributed by atoms with E-state index in [1.807, 2.05) is 28.9 Å². The van der Waals surface area contributed by atoms with Crippen LogP contribution in [0.1, 0.15) is 18.5 Å². The largest absolute Gasteiger partial charge is 0.330 e. The van der Waals surface area contributed by atoms with E-state index in [9.17, 15) is 0 Å². The van der Waals surface area contributed by atoms with Gasteiger partial charge < -0.3 is 10.1 Å². The molecule has 0 aliphatic rings. The highest BCUT2D eigenvalue weighted by Crippen LogP contribution is 2.20. The number of hydrogen-bond donors (Lipinski definition) is 1. The van der Waals surface area contributed by atoms with Crippen molar-refractivity contribution < 1.29 is 0 Å². The van der Waals surface area contributed by atoms with Crippen molar-refractivity contribution in [3.05, 3.63) is 35.2 Å². The first-order valence-electron chi connectivity index (χ1n) is 4.55. The van der Waals surface area contributed by atoms with E-state index in [1.165, 1.54) is 0 Å². The summed E-state index contributed by atoms with van der Waals surface area (Å²) in [6.45, 7) is 2.69. The van der Waals surface area contributed by atoms with Gasteiger partial charge in [0.1, 0.15) is 0 Å². The van der Waals surface area contributed by atoms with Crippen LogP contribution in [0.3, 0.4) is 0 Å². The zero-order valence-corrected chi connectivity index (χ0v) is 8.70. The minimum Gasteiger partial charge on any atom is -0.330 e. The summed E-state index contributed by atoms with van der Waals surface area (Å²) in [6, 6.07) is 3.74. The number of pyridine rings is 1. The molecule has 2 heterocycles. The third kappa shape index (κ3) is 1.38. The lowest BCUT2D eigenvalue weighted by Crippen LogP contribution is -2.10. The van der Waals surface area contributed by atoms with E-state index >= 15 is 0 Å². The van der Waals surface area contributed by atoms with Gasteiger partial charge in [0.15, 0.2) is 5.65 Å². The van der Waals surface area contributed by atoms with E-state index in [-0.39, 0.29) is 0 Å². The van der Waals surface area contributed by atoms with Crippen LogP contribution in [-0.2, 0) is 0 Å². The van der Waals surface area contributed by atoms with Crippen LogP contribution < -0.4 is 5.73 Å². The molecular formula is C10H12ClN3. The van der Waals surface area contributed by atoms with Gasteiger partial charge in [-0.1, -0.05) is 18.5 Å². The third-order valence-corrected chi connectivity index (χ3v) is 2.67. The maximum absolute atomic E-state index is 6.00. The van der Waals surface area contributed by atoms with Crippen LogP contribution >= 0.6 is 11.6 Å². The number of fused-ring (bicyclic) bond motifs is 1. The van der Waals surface area contributed by atoms with Gasteiger partial charge >= 0.3 is 0 Å². The lowest BCUT2D eigenvalue weighted by molar-refractivity contribution is 0.736. The van der Waals surface area contributed by atoms with Crippen LogP contribution in [0.15, 0.2) is 24.5 Å². The lowest BCUT2D eigenvalue weighted by Gasteiger charge is -2.07. The first kappa shape index (κ1) is 9.49. The molecular weight excluding hydrogens is 198 g/mol. The predicted molar refractivity (Wildman–Crippen MR) is 57.7 cm³/mol. The van der Waals surface area contributed by atoms with Crippen molar-refractivity contribution in [1.29, 1.82) is 0 Å². The molecule has 74 valence electrons. The number of rotatable bonds is 2. The van der Waals surface area contributed by atoms with Gasteiger partial charge in [0.25, 0.3) is 0 Å². The van der Waals surface area contributed by atoms with Gasteiger partial charge in [0.05, 0.1) is 5.02 Å². The van der Waals surface area contributed by atoms with Crippen molar-refractivity contribution in [3.8, 4) is 0 Å². The molecule has 2 aromatic heterocycles. The van der Waals surface area contributed by atoms with Gasteiger partial charge in [-0.2, -0.15) is 0 Å². The first-order chi connectivity index (χ1) is 6.74. The Hall–Kier alpha value is -1.06. The Morgan fingerprint density at radius 3 is 3.14 bits per heavy atom. The van der Waals surface area contributed by atoms with Crippen molar-refractivity contribution in [3.63, 3.8) is 0 Å². The van der Waals surface area contributed by atoms with Crippen LogP contribution in [0.4, 0.5) is 0 Å². The summed E-state index contributed by atoms with van der Waals surface area (Å²) in [5, 5.41) is 0.669. The van der Waals surface area contributed by atoms with Crippen LogP contribution in [0.5, 0.6) is 0 Å². The molecule has 0 fully saturated rings. The Labute approximate surface area is 87.5 Å². The summed E-state index contributed by atoms with van der Waals surface area (Å²) in [5.74, 6) is 0.295. The van der Waals surface area contributed by atoms with Crippen LogP contribution in [0, 0.1) is 0 Å². The van der Waals surface area contributed by atoms with Gasteiger partial charge in [-0.05, 0) is 12.1 Å². The van der Waals surface area contributed by atoms with E-state index in [0.29, 0.717) is 17.5 Å². The topological polar surface area (TPSA) is 43.3 Å². The van der Waals surface area contributed by atoms with Crippen molar-refractivity contribution in [2.45, 2.75) is 12.8 Å². The van der Waals surface area contributed by atoms with Crippen molar-refractivity contribution in [2.24, 2.45) is 5.73 Å². The molecule has 4 heteroatoms. The van der Waals surface area contributed by atoms with E-state index < -0.39 is 0 Å². The Morgan fingerprint density at radius 2 is 2.43 bits per heavy atom. The molecule has 0 aliphatic carbocycles. The predicted octanol–water partition coefficient (Wildman–Crippen LogP) is 2.05. The molecule has 1 unspecified atom stereocenters. The van der Waals surface area contributed by atoms with Gasteiger partial charge in [-0.25, -0.2) is 4.98 Å². The molecule has 2 aromatic rings. The third-order valence-electron chi connectivity index (χ3n) is 2.38. The number of imidazole rings is 1. The zero-order chi connectivity index (χ0) is 10.1. The summed E-state index contributed by atoms with van der Waals surface area (Å²) < 4.78 is 1.99. The lowest BCUT2D eigenvalue weighted by atomic mass is 10.1. The summed E-state index contributed by atoms with van der Waals surface area (Å²) in [6.07, 6.45) is 3.79. The number of hydrogen-bond acceptors (Lipinski definition) is 2. The molecule has 0 aromatic carbocycles. The zero-order valence-electron chi connectivity index (χ0n) is 7.94. The second-order valence-electron chi connectivity index (χ2n) is 3.37. The first-order valence-corrected chi connectivity index (χ1v) is 4.93. The maximum atomic E-state index is 6.00. The smallest absolute Gasteiger partial charge is 0.155 e. The molecule has 0 spiro atoms. The van der Waals surface area contributed by atoms with Gasteiger partial charge in [0.2, 0.25) is 0 Å². The highest BCUT2D eigenvalue weighted by Gasteiger charge is 2.10. The second-order valence-corrected chi connectivity index (χ2v) is 3.78. The van der Waals surface area contributed by atoms with Crippen LogP contribution in [-0.4, -0.2) is 15.9 Å². The Bertz CT molecular complexity index is 450. The summed E-state index contributed by atoms with van der Waals surface area (Å²) >= 11 is 6.00. The minimum atomic E-state index is 0.295. The molecule has 0 bridgehead atoms. The molecule has 0 radical (unpaired) electrons. The highest BCUT2D eigenvalue weighted by molar-refractivity contribution is 6.33. The Balaban J connectivity index is 2.63. The van der Waals surface area contributed by atoms with E-state index in [0.717, 1.165) is 11.3 Å². The monoisotopic (exact) mass is 209 g/mol.